The van der Waals surface area contributed by atoms with Crippen LogP contribution in [0.15, 0.2) is 24.3 Å². The zero-order valence-electron chi connectivity index (χ0n) is 14.6. The van der Waals surface area contributed by atoms with Gasteiger partial charge in [-0.2, -0.15) is 0 Å². The van der Waals surface area contributed by atoms with E-state index in [1.54, 1.807) is 0 Å². The minimum atomic E-state index is -0.435. The van der Waals surface area contributed by atoms with E-state index in [9.17, 15) is 4.79 Å². The zero-order chi connectivity index (χ0) is 17.3. The van der Waals surface area contributed by atoms with E-state index < -0.39 is 5.60 Å². The number of ether oxygens (including phenoxy) is 2. The predicted octanol–water partition coefficient (Wildman–Crippen LogP) is 4.50. The molecule has 24 heavy (non-hydrogen) atoms. The molecule has 1 heterocycles. The summed E-state index contributed by atoms with van der Waals surface area (Å²) >= 11 is 6.17. The van der Waals surface area contributed by atoms with Gasteiger partial charge >= 0.3 is 6.09 Å². The van der Waals surface area contributed by atoms with E-state index in [2.05, 4.69) is 0 Å². The summed E-state index contributed by atoms with van der Waals surface area (Å²) in [6, 6.07) is 7.80. The molecule has 132 valence electrons. The average molecular weight is 352 g/mol. The van der Waals surface area contributed by atoms with Crippen molar-refractivity contribution in [1.82, 2.24) is 4.90 Å². The Bertz CT molecular complexity index is 585. The number of fused-ring (bicyclic) bond motifs is 1. The molecule has 0 radical (unpaired) electrons. The number of halogens is 1. The first-order chi connectivity index (χ1) is 11.3. The van der Waals surface area contributed by atoms with Gasteiger partial charge in [-0.25, -0.2) is 4.79 Å². The predicted molar refractivity (Wildman–Crippen MR) is 94.1 cm³/mol. The molecule has 5 heteroatoms. The number of hydrogen-bond acceptors (Lipinski definition) is 3. The van der Waals surface area contributed by atoms with Crippen molar-refractivity contribution in [3.8, 4) is 0 Å². The van der Waals surface area contributed by atoms with Crippen LogP contribution in [0.25, 0.3) is 0 Å². The van der Waals surface area contributed by atoms with Gasteiger partial charge in [-0.15, -0.1) is 0 Å². The summed E-state index contributed by atoms with van der Waals surface area (Å²) in [6.07, 6.45) is 2.09. The first-order valence-corrected chi connectivity index (χ1v) is 9.02. The summed E-state index contributed by atoms with van der Waals surface area (Å²) in [5.41, 5.74) is 0.599. The summed E-state index contributed by atoms with van der Waals surface area (Å²) in [5, 5.41) is 0.756. The number of carbonyl (C=O) groups is 1. The van der Waals surface area contributed by atoms with E-state index in [-0.39, 0.29) is 12.2 Å². The molecule has 3 atom stereocenters. The van der Waals surface area contributed by atoms with Crippen LogP contribution in [0.1, 0.15) is 39.2 Å². The van der Waals surface area contributed by atoms with E-state index in [0.717, 1.165) is 36.5 Å². The normalized spacial score (nSPS) is 26.5. The molecule has 1 saturated carbocycles. The van der Waals surface area contributed by atoms with E-state index in [1.807, 2.05) is 49.9 Å². The van der Waals surface area contributed by atoms with Crippen LogP contribution in [0, 0.1) is 11.8 Å². The minimum Gasteiger partial charge on any atom is -0.444 e. The van der Waals surface area contributed by atoms with Crippen molar-refractivity contribution in [1.29, 1.82) is 0 Å². The summed E-state index contributed by atoms with van der Waals surface area (Å²) in [4.78, 5) is 14.0. The number of nitrogens with zero attached hydrogens (tertiary/aromatic N) is 1. The van der Waals surface area contributed by atoms with Crippen molar-refractivity contribution in [3.05, 3.63) is 34.9 Å². The molecule has 1 aliphatic carbocycles. The number of amides is 1. The van der Waals surface area contributed by atoms with E-state index in [0.29, 0.717) is 18.4 Å². The first-order valence-electron chi connectivity index (χ1n) is 8.65. The van der Waals surface area contributed by atoms with Gasteiger partial charge in [0.05, 0.1) is 12.7 Å². The third-order valence-corrected chi connectivity index (χ3v) is 5.16. The Hall–Kier alpha value is -1.26. The summed E-state index contributed by atoms with van der Waals surface area (Å²) in [6.45, 7) is 7.83. The molecule has 2 aliphatic rings. The highest BCUT2D eigenvalue weighted by Crippen LogP contribution is 2.40. The lowest BCUT2D eigenvalue weighted by atomic mass is 10.0. The molecule has 1 aliphatic heterocycles. The van der Waals surface area contributed by atoms with Gasteiger partial charge in [0.25, 0.3) is 0 Å². The fraction of sp³-hybridized carbons (Fsp3) is 0.632. The van der Waals surface area contributed by atoms with Crippen molar-refractivity contribution in [3.63, 3.8) is 0 Å². The second-order valence-electron chi connectivity index (χ2n) is 7.90. The van der Waals surface area contributed by atoms with Gasteiger partial charge < -0.3 is 14.4 Å². The first kappa shape index (κ1) is 17.6. The molecule has 1 amide bonds. The Balaban J connectivity index is 1.47. The number of likely N-dealkylation sites (tertiary alicyclic amines) is 1. The maximum Gasteiger partial charge on any atom is 0.410 e. The Labute approximate surface area is 149 Å². The van der Waals surface area contributed by atoms with Crippen LogP contribution in [-0.4, -0.2) is 35.8 Å². The van der Waals surface area contributed by atoms with Crippen LogP contribution in [-0.2, 0) is 16.1 Å². The van der Waals surface area contributed by atoms with Crippen LogP contribution in [0.4, 0.5) is 4.79 Å². The van der Waals surface area contributed by atoms with Crippen LogP contribution >= 0.6 is 11.6 Å². The summed E-state index contributed by atoms with van der Waals surface area (Å²) in [7, 11) is 0. The molecule has 0 bridgehead atoms. The molecular weight excluding hydrogens is 326 g/mol. The molecule has 1 aromatic carbocycles. The molecular formula is C19H26ClNO3. The van der Waals surface area contributed by atoms with Crippen molar-refractivity contribution >= 4 is 17.7 Å². The van der Waals surface area contributed by atoms with Crippen molar-refractivity contribution in [2.24, 2.45) is 11.8 Å². The smallest absolute Gasteiger partial charge is 0.410 e. The molecule has 4 nitrogen and oxygen atoms in total. The van der Waals surface area contributed by atoms with Crippen molar-refractivity contribution in [2.45, 2.75) is 51.9 Å². The SMILES string of the molecule is CC(C)(C)OC(=O)N1C[C@H]2CC(OCc3ccccc3Cl)C[C@H]2C1. The lowest BCUT2D eigenvalue weighted by Crippen LogP contribution is -2.36. The second kappa shape index (κ2) is 6.93. The Morgan fingerprint density at radius 1 is 1.21 bits per heavy atom. The van der Waals surface area contributed by atoms with E-state index in [1.165, 1.54) is 0 Å². The highest BCUT2D eigenvalue weighted by Gasteiger charge is 2.43. The highest BCUT2D eigenvalue weighted by atomic mass is 35.5. The molecule has 1 unspecified atom stereocenters. The van der Waals surface area contributed by atoms with Crippen LogP contribution in [0.5, 0.6) is 0 Å². The standard InChI is InChI=1S/C19H26ClNO3/c1-19(2,3)24-18(22)21-10-14-8-16(9-15(14)11-21)23-12-13-6-4-5-7-17(13)20/h4-7,14-16H,8-12H2,1-3H3/t14-,15+,16?. The molecule has 0 aromatic heterocycles. The van der Waals surface area contributed by atoms with Crippen molar-refractivity contribution < 1.29 is 14.3 Å². The quantitative estimate of drug-likeness (QED) is 0.804. The van der Waals surface area contributed by atoms with Crippen LogP contribution in [0.2, 0.25) is 5.02 Å². The van der Waals surface area contributed by atoms with E-state index >= 15 is 0 Å². The minimum absolute atomic E-state index is 0.189. The van der Waals surface area contributed by atoms with Gasteiger partial charge in [-0.3, -0.25) is 0 Å². The largest absolute Gasteiger partial charge is 0.444 e. The van der Waals surface area contributed by atoms with Gasteiger partial charge in [-0.1, -0.05) is 29.8 Å². The molecule has 2 fully saturated rings. The number of benzene rings is 1. The van der Waals surface area contributed by atoms with Gasteiger partial charge in [0.15, 0.2) is 0 Å². The molecule has 0 spiro atoms. The highest BCUT2D eigenvalue weighted by molar-refractivity contribution is 6.31. The topological polar surface area (TPSA) is 38.8 Å². The van der Waals surface area contributed by atoms with Crippen LogP contribution in [0.3, 0.4) is 0 Å². The summed E-state index contributed by atoms with van der Waals surface area (Å²) < 4.78 is 11.5. The fourth-order valence-electron chi connectivity index (χ4n) is 3.68. The fourth-order valence-corrected chi connectivity index (χ4v) is 3.87. The number of rotatable bonds is 3. The molecule has 1 saturated heterocycles. The zero-order valence-corrected chi connectivity index (χ0v) is 15.4. The van der Waals surface area contributed by atoms with Gasteiger partial charge in [0.1, 0.15) is 5.60 Å². The average Bonchev–Trinajstić information content (AvgIpc) is 3.03. The second-order valence-corrected chi connectivity index (χ2v) is 8.31. The molecule has 3 rings (SSSR count). The molecule has 1 aromatic rings. The third-order valence-electron chi connectivity index (χ3n) is 4.79. The maximum atomic E-state index is 12.2. The van der Waals surface area contributed by atoms with Gasteiger partial charge in [0, 0.05) is 18.1 Å². The lowest BCUT2D eigenvalue weighted by Gasteiger charge is -2.25. The van der Waals surface area contributed by atoms with E-state index in [4.69, 9.17) is 21.1 Å². The number of hydrogen-bond donors (Lipinski definition) is 0. The summed E-state index contributed by atoms with van der Waals surface area (Å²) in [5.74, 6) is 1.04. The Morgan fingerprint density at radius 2 is 1.83 bits per heavy atom. The Morgan fingerprint density at radius 3 is 2.42 bits per heavy atom. The van der Waals surface area contributed by atoms with Crippen LogP contribution < -0.4 is 0 Å². The van der Waals surface area contributed by atoms with Gasteiger partial charge in [0.2, 0.25) is 0 Å². The lowest BCUT2D eigenvalue weighted by molar-refractivity contribution is 0.0205. The number of carbonyl (C=O) groups excluding carboxylic acids is 1. The molecule has 0 N–H and O–H groups in total. The monoisotopic (exact) mass is 351 g/mol. The van der Waals surface area contributed by atoms with Crippen molar-refractivity contribution in [2.75, 3.05) is 13.1 Å². The van der Waals surface area contributed by atoms with Gasteiger partial charge in [-0.05, 0) is 57.1 Å². The maximum absolute atomic E-state index is 12.2. The third kappa shape index (κ3) is 4.22. The Kier molecular flexibility index (Phi) is 5.07.